The first-order chi connectivity index (χ1) is 7.83. The molecule has 1 aromatic heterocycles. The van der Waals surface area contributed by atoms with E-state index in [1.165, 1.54) is 6.20 Å². The van der Waals surface area contributed by atoms with E-state index in [1.807, 2.05) is 30.3 Å². The molecule has 0 fully saturated rings. The van der Waals surface area contributed by atoms with E-state index in [-0.39, 0.29) is 0 Å². The van der Waals surface area contributed by atoms with Crippen LogP contribution in [-0.4, -0.2) is 17.1 Å². The molecule has 0 unspecified atom stereocenters. The van der Waals surface area contributed by atoms with Crippen LogP contribution in [0.15, 0.2) is 36.7 Å². The molecule has 2 aromatic rings. The van der Waals surface area contributed by atoms with E-state index in [0.717, 1.165) is 17.0 Å². The van der Waals surface area contributed by atoms with Gasteiger partial charge in [-0.05, 0) is 24.3 Å². The third kappa shape index (κ3) is 1.98. The molecule has 0 aliphatic rings. The Hall–Kier alpha value is -2.41. The fourth-order valence-corrected chi connectivity index (χ4v) is 1.30. The summed E-state index contributed by atoms with van der Waals surface area (Å²) in [5, 5.41) is 8.60. The van der Waals surface area contributed by atoms with Crippen molar-refractivity contribution in [3.8, 4) is 23.1 Å². The van der Waals surface area contributed by atoms with Crippen LogP contribution < -0.4 is 4.74 Å². The maximum Gasteiger partial charge on any atom is 0.158 e. The van der Waals surface area contributed by atoms with Crippen LogP contribution in [0.1, 0.15) is 5.69 Å². The smallest absolute Gasteiger partial charge is 0.158 e. The maximum absolute atomic E-state index is 8.60. The minimum Gasteiger partial charge on any atom is -0.497 e. The van der Waals surface area contributed by atoms with E-state index in [1.54, 1.807) is 13.3 Å². The average molecular weight is 211 g/mol. The first kappa shape index (κ1) is 10.1. The van der Waals surface area contributed by atoms with Gasteiger partial charge in [-0.25, -0.2) is 4.98 Å². The van der Waals surface area contributed by atoms with Gasteiger partial charge in [-0.15, -0.1) is 0 Å². The summed E-state index contributed by atoms with van der Waals surface area (Å²) in [5.74, 6) is 0.797. The molecule has 0 atom stereocenters. The molecule has 16 heavy (non-hydrogen) atoms. The van der Waals surface area contributed by atoms with Gasteiger partial charge in [0.25, 0.3) is 0 Å². The summed E-state index contributed by atoms with van der Waals surface area (Å²) in [6.45, 7) is 0. The van der Waals surface area contributed by atoms with Crippen molar-refractivity contribution in [2.45, 2.75) is 0 Å². The molecule has 0 aliphatic heterocycles. The Morgan fingerprint density at radius 2 is 1.88 bits per heavy atom. The molecule has 2 rings (SSSR count). The van der Waals surface area contributed by atoms with Gasteiger partial charge < -0.3 is 4.74 Å². The highest BCUT2D eigenvalue weighted by atomic mass is 16.5. The summed E-state index contributed by atoms with van der Waals surface area (Å²) in [5.41, 5.74) is 2.00. The van der Waals surface area contributed by atoms with Crippen molar-refractivity contribution in [1.29, 1.82) is 5.26 Å². The first-order valence-corrected chi connectivity index (χ1v) is 4.70. The number of rotatable bonds is 2. The number of aromatic nitrogens is 2. The monoisotopic (exact) mass is 211 g/mol. The van der Waals surface area contributed by atoms with Crippen LogP contribution >= 0.6 is 0 Å². The number of methoxy groups -OCH3 is 1. The molecular formula is C12H9N3O. The molecule has 4 nitrogen and oxygen atoms in total. The van der Waals surface area contributed by atoms with Crippen molar-refractivity contribution in [3.05, 3.63) is 42.4 Å². The van der Waals surface area contributed by atoms with E-state index in [0.29, 0.717) is 5.69 Å². The zero-order chi connectivity index (χ0) is 11.4. The van der Waals surface area contributed by atoms with E-state index in [4.69, 9.17) is 10.00 Å². The van der Waals surface area contributed by atoms with Crippen molar-refractivity contribution >= 4 is 0 Å². The topological polar surface area (TPSA) is 58.8 Å². The summed E-state index contributed by atoms with van der Waals surface area (Å²) in [6.07, 6.45) is 3.04. The predicted octanol–water partition coefficient (Wildman–Crippen LogP) is 2.02. The van der Waals surface area contributed by atoms with E-state index >= 15 is 0 Å². The highest BCUT2D eigenvalue weighted by Crippen LogP contribution is 2.19. The predicted molar refractivity (Wildman–Crippen MR) is 58.7 cm³/mol. The maximum atomic E-state index is 8.60. The molecule has 0 bridgehead atoms. The van der Waals surface area contributed by atoms with Gasteiger partial charge in [0.05, 0.1) is 25.2 Å². The van der Waals surface area contributed by atoms with Crippen LogP contribution in [0.4, 0.5) is 0 Å². The Balaban J connectivity index is 2.32. The van der Waals surface area contributed by atoms with Gasteiger partial charge in [0.1, 0.15) is 11.8 Å². The number of hydrogen-bond acceptors (Lipinski definition) is 4. The molecule has 4 heteroatoms. The molecule has 0 N–H and O–H groups in total. The van der Waals surface area contributed by atoms with Crippen molar-refractivity contribution < 1.29 is 4.74 Å². The molecule has 0 amide bonds. The summed E-state index contributed by atoms with van der Waals surface area (Å²) in [7, 11) is 1.62. The molecule has 0 radical (unpaired) electrons. The normalized spacial score (nSPS) is 9.50. The number of ether oxygens (including phenoxy) is 1. The first-order valence-electron chi connectivity index (χ1n) is 4.70. The zero-order valence-corrected chi connectivity index (χ0v) is 8.71. The number of nitrogens with zero attached hydrogens (tertiary/aromatic N) is 3. The van der Waals surface area contributed by atoms with Crippen molar-refractivity contribution in [1.82, 2.24) is 9.97 Å². The lowest BCUT2D eigenvalue weighted by Crippen LogP contribution is -1.89. The van der Waals surface area contributed by atoms with Crippen molar-refractivity contribution in [3.63, 3.8) is 0 Å². The van der Waals surface area contributed by atoms with Gasteiger partial charge in [-0.2, -0.15) is 5.26 Å². The quantitative estimate of drug-likeness (QED) is 0.762. The van der Waals surface area contributed by atoms with Gasteiger partial charge >= 0.3 is 0 Å². The molecular weight excluding hydrogens is 202 g/mol. The highest BCUT2D eigenvalue weighted by Gasteiger charge is 2.00. The van der Waals surface area contributed by atoms with Crippen LogP contribution in [0, 0.1) is 11.3 Å². The van der Waals surface area contributed by atoms with Crippen LogP contribution in [-0.2, 0) is 0 Å². The molecule has 0 saturated carbocycles. The van der Waals surface area contributed by atoms with Gasteiger partial charge in [0, 0.05) is 5.56 Å². The lowest BCUT2D eigenvalue weighted by atomic mass is 10.1. The van der Waals surface area contributed by atoms with Crippen LogP contribution in [0.2, 0.25) is 0 Å². The average Bonchev–Trinajstić information content (AvgIpc) is 2.39. The molecule has 0 saturated heterocycles. The largest absolute Gasteiger partial charge is 0.497 e. The Labute approximate surface area is 93.2 Å². The fourth-order valence-electron chi connectivity index (χ4n) is 1.30. The van der Waals surface area contributed by atoms with Gasteiger partial charge in [-0.3, -0.25) is 4.98 Å². The molecule has 0 spiro atoms. The Morgan fingerprint density at radius 3 is 2.38 bits per heavy atom. The van der Waals surface area contributed by atoms with Gasteiger partial charge in [0.15, 0.2) is 5.69 Å². The molecule has 0 aliphatic carbocycles. The third-order valence-electron chi connectivity index (χ3n) is 2.15. The lowest BCUT2D eigenvalue weighted by molar-refractivity contribution is 0.415. The Morgan fingerprint density at radius 1 is 1.12 bits per heavy atom. The van der Waals surface area contributed by atoms with E-state index in [2.05, 4.69) is 9.97 Å². The third-order valence-corrected chi connectivity index (χ3v) is 2.15. The minimum absolute atomic E-state index is 0.317. The Kier molecular flexibility index (Phi) is 2.79. The standard InChI is InChI=1S/C12H9N3O/c1-16-11-4-2-9(3-5-11)12-8-14-10(6-13)7-15-12/h2-5,7-8H,1H3. The van der Waals surface area contributed by atoms with Crippen LogP contribution in [0.5, 0.6) is 5.75 Å². The lowest BCUT2D eigenvalue weighted by Gasteiger charge is -2.02. The number of nitriles is 1. The highest BCUT2D eigenvalue weighted by molar-refractivity contribution is 5.59. The van der Waals surface area contributed by atoms with Crippen LogP contribution in [0.25, 0.3) is 11.3 Å². The molecule has 1 aromatic carbocycles. The second-order valence-corrected chi connectivity index (χ2v) is 3.13. The van der Waals surface area contributed by atoms with Crippen molar-refractivity contribution in [2.75, 3.05) is 7.11 Å². The van der Waals surface area contributed by atoms with Gasteiger partial charge in [-0.1, -0.05) is 0 Å². The summed E-state index contributed by atoms with van der Waals surface area (Å²) < 4.78 is 5.06. The summed E-state index contributed by atoms with van der Waals surface area (Å²) in [4.78, 5) is 8.11. The van der Waals surface area contributed by atoms with Crippen molar-refractivity contribution in [2.24, 2.45) is 0 Å². The summed E-state index contributed by atoms with van der Waals surface area (Å²) >= 11 is 0. The minimum atomic E-state index is 0.317. The Bertz CT molecular complexity index is 511. The van der Waals surface area contributed by atoms with E-state index < -0.39 is 0 Å². The van der Waals surface area contributed by atoms with E-state index in [9.17, 15) is 0 Å². The van der Waals surface area contributed by atoms with Gasteiger partial charge in [0.2, 0.25) is 0 Å². The number of hydrogen-bond donors (Lipinski definition) is 0. The fraction of sp³-hybridized carbons (Fsp3) is 0.0833. The molecule has 78 valence electrons. The second-order valence-electron chi connectivity index (χ2n) is 3.13. The van der Waals surface area contributed by atoms with Crippen LogP contribution in [0.3, 0.4) is 0 Å². The number of benzene rings is 1. The molecule has 1 heterocycles. The zero-order valence-electron chi connectivity index (χ0n) is 8.71. The SMILES string of the molecule is COc1ccc(-c2cnc(C#N)cn2)cc1. The summed E-state index contributed by atoms with van der Waals surface area (Å²) in [6, 6.07) is 9.44. The second kappa shape index (κ2) is 4.41.